The maximum atomic E-state index is 6.46. The van der Waals surface area contributed by atoms with Crippen molar-refractivity contribution in [3.05, 3.63) is 28.3 Å². The van der Waals surface area contributed by atoms with E-state index in [1.165, 1.54) is 16.9 Å². The SMILES string of the molecule is CN1CCSCC1C(N)Cc1cc(Cl)cc2c1OCC2. The van der Waals surface area contributed by atoms with Crippen molar-refractivity contribution in [1.82, 2.24) is 4.90 Å². The Kier molecular flexibility index (Phi) is 4.46. The van der Waals surface area contributed by atoms with Crippen LogP contribution in [0.3, 0.4) is 0 Å². The van der Waals surface area contributed by atoms with E-state index in [-0.39, 0.29) is 6.04 Å². The number of hydrogen-bond acceptors (Lipinski definition) is 4. The highest BCUT2D eigenvalue weighted by molar-refractivity contribution is 7.99. The highest BCUT2D eigenvalue weighted by Gasteiger charge is 2.27. The zero-order chi connectivity index (χ0) is 14.1. The van der Waals surface area contributed by atoms with Gasteiger partial charge in [-0.3, -0.25) is 0 Å². The van der Waals surface area contributed by atoms with E-state index in [2.05, 4.69) is 11.9 Å². The normalized spacial score (nSPS) is 24.2. The predicted octanol–water partition coefficient (Wildman–Crippen LogP) is 2.19. The van der Waals surface area contributed by atoms with E-state index in [1.807, 2.05) is 23.9 Å². The first-order valence-electron chi connectivity index (χ1n) is 7.13. The zero-order valence-corrected chi connectivity index (χ0v) is 13.3. The molecular formula is C15H21ClN2OS. The molecule has 0 radical (unpaired) electrons. The quantitative estimate of drug-likeness (QED) is 0.928. The summed E-state index contributed by atoms with van der Waals surface area (Å²) in [6.07, 6.45) is 1.79. The summed E-state index contributed by atoms with van der Waals surface area (Å²) >= 11 is 8.21. The van der Waals surface area contributed by atoms with Crippen LogP contribution in [0.4, 0.5) is 0 Å². The lowest BCUT2D eigenvalue weighted by Crippen LogP contribution is -2.51. The molecule has 1 fully saturated rings. The lowest BCUT2D eigenvalue weighted by Gasteiger charge is -2.36. The van der Waals surface area contributed by atoms with Gasteiger partial charge in [0.1, 0.15) is 5.75 Å². The Bertz CT molecular complexity index is 497. The molecule has 2 unspecified atom stereocenters. The van der Waals surface area contributed by atoms with Crippen molar-refractivity contribution in [2.24, 2.45) is 5.73 Å². The average molecular weight is 313 g/mol. The van der Waals surface area contributed by atoms with Gasteiger partial charge in [-0.25, -0.2) is 0 Å². The first-order valence-corrected chi connectivity index (χ1v) is 8.66. The number of likely N-dealkylation sites (N-methyl/N-ethyl adjacent to an activating group) is 1. The number of nitrogens with zero attached hydrogens (tertiary/aromatic N) is 1. The number of halogens is 1. The predicted molar refractivity (Wildman–Crippen MR) is 86.1 cm³/mol. The first-order chi connectivity index (χ1) is 9.65. The first kappa shape index (κ1) is 14.5. The van der Waals surface area contributed by atoms with Gasteiger partial charge in [-0.2, -0.15) is 11.8 Å². The van der Waals surface area contributed by atoms with Crippen LogP contribution in [0, 0.1) is 0 Å². The van der Waals surface area contributed by atoms with Gasteiger partial charge in [0.2, 0.25) is 0 Å². The number of hydrogen-bond donors (Lipinski definition) is 1. The summed E-state index contributed by atoms with van der Waals surface area (Å²) in [6, 6.07) is 4.59. The Labute approximate surface area is 129 Å². The fraction of sp³-hybridized carbons (Fsp3) is 0.600. The molecule has 1 aromatic carbocycles. The minimum atomic E-state index is 0.125. The second kappa shape index (κ2) is 6.14. The number of nitrogens with two attached hydrogens (primary N) is 1. The summed E-state index contributed by atoms with van der Waals surface area (Å²) in [6.45, 7) is 1.88. The molecule has 0 spiro atoms. The third-order valence-corrected chi connectivity index (χ3v) is 5.48. The van der Waals surface area contributed by atoms with Gasteiger partial charge in [-0.15, -0.1) is 0 Å². The van der Waals surface area contributed by atoms with Crippen molar-refractivity contribution in [2.75, 3.05) is 31.7 Å². The van der Waals surface area contributed by atoms with Crippen LogP contribution in [0.15, 0.2) is 12.1 Å². The van der Waals surface area contributed by atoms with Gasteiger partial charge in [0, 0.05) is 41.6 Å². The van der Waals surface area contributed by atoms with Crippen LogP contribution >= 0.6 is 23.4 Å². The molecule has 5 heteroatoms. The van der Waals surface area contributed by atoms with Gasteiger partial charge in [0.15, 0.2) is 0 Å². The second-order valence-corrected chi connectivity index (χ2v) is 7.23. The minimum absolute atomic E-state index is 0.125. The molecule has 2 N–H and O–H groups in total. The van der Waals surface area contributed by atoms with E-state index in [9.17, 15) is 0 Å². The standard InChI is InChI=1S/C15H21ClN2OS/c1-18-3-5-20-9-14(18)13(17)8-11-7-12(16)6-10-2-4-19-15(10)11/h6-7,13-14H,2-5,8-9,17H2,1H3. The van der Waals surface area contributed by atoms with Crippen LogP contribution in [-0.4, -0.2) is 48.7 Å². The van der Waals surface area contributed by atoms with Crippen molar-refractivity contribution in [3.63, 3.8) is 0 Å². The van der Waals surface area contributed by atoms with Crippen molar-refractivity contribution >= 4 is 23.4 Å². The zero-order valence-electron chi connectivity index (χ0n) is 11.8. The molecule has 3 nitrogen and oxygen atoms in total. The maximum absolute atomic E-state index is 6.46. The van der Waals surface area contributed by atoms with E-state index >= 15 is 0 Å². The van der Waals surface area contributed by atoms with Crippen molar-refractivity contribution < 1.29 is 4.74 Å². The summed E-state index contributed by atoms with van der Waals surface area (Å²) in [4.78, 5) is 2.38. The average Bonchev–Trinajstić information content (AvgIpc) is 2.87. The molecule has 1 aromatic rings. The monoisotopic (exact) mass is 312 g/mol. The molecule has 0 amide bonds. The molecule has 2 aliphatic rings. The fourth-order valence-corrected chi connectivity index (χ4v) is 4.63. The number of thioether (sulfide) groups is 1. The number of fused-ring (bicyclic) bond motifs is 1. The van der Waals surface area contributed by atoms with Gasteiger partial charge < -0.3 is 15.4 Å². The van der Waals surface area contributed by atoms with Crippen LogP contribution in [0.2, 0.25) is 5.02 Å². The molecule has 0 aliphatic carbocycles. The molecule has 0 saturated carbocycles. The maximum Gasteiger partial charge on any atom is 0.125 e. The highest BCUT2D eigenvalue weighted by atomic mass is 35.5. The summed E-state index contributed by atoms with van der Waals surface area (Å²) in [5, 5.41) is 0.794. The van der Waals surface area contributed by atoms with Gasteiger partial charge in [0.25, 0.3) is 0 Å². The van der Waals surface area contributed by atoms with E-state index in [1.54, 1.807) is 0 Å². The molecule has 2 heterocycles. The topological polar surface area (TPSA) is 38.5 Å². The van der Waals surface area contributed by atoms with Gasteiger partial charge >= 0.3 is 0 Å². The van der Waals surface area contributed by atoms with E-state index in [0.29, 0.717) is 6.04 Å². The third kappa shape index (κ3) is 2.93. The van der Waals surface area contributed by atoms with Crippen molar-refractivity contribution in [1.29, 1.82) is 0 Å². The Hall–Kier alpha value is -0.420. The largest absolute Gasteiger partial charge is 0.493 e. The molecule has 110 valence electrons. The Morgan fingerprint density at radius 3 is 3.20 bits per heavy atom. The molecule has 2 aliphatic heterocycles. The Balaban J connectivity index is 1.77. The summed E-state index contributed by atoms with van der Waals surface area (Å²) in [5.74, 6) is 3.34. The van der Waals surface area contributed by atoms with Crippen LogP contribution in [0.5, 0.6) is 5.75 Å². The van der Waals surface area contributed by atoms with Crippen molar-refractivity contribution in [3.8, 4) is 5.75 Å². The summed E-state index contributed by atoms with van der Waals surface area (Å²) < 4.78 is 5.77. The van der Waals surface area contributed by atoms with Gasteiger partial charge in [-0.1, -0.05) is 11.6 Å². The minimum Gasteiger partial charge on any atom is -0.493 e. The smallest absolute Gasteiger partial charge is 0.125 e. The lowest BCUT2D eigenvalue weighted by molar-refractivity contribution is 0.234. The lowest BCUT2D eigenvalue weighted by atomic mass is 9.97. The number of rotatable bonds is 3. The molecular weight excluding hydrogens is 292 g/mol. The van der Waals surface area contributed by atoms with Crippen LogP contribution in [0.25, 0.3) is 0 Å². The van der Waals surface area contributed by atoms with Crippen LogP contribution in [-0.2, 0) is 12.8 Å². The van der Waals surface area contributed by atoms with Crippen LogP contribution < -0.4 is 10.5 Å². The Morgan fingerprint density at radius 2 is 2.40 bits per heavy atom. The Morgan fingerprint density at radius 1 is 1.55 bits per heavy atom. The van der Waals surface area contributed by atoms with E-state index < -0.39 is 0 Å². The molecule has 3 rings (SSSR count). The second-order valence-electron chi connectivity index (χ2n) is 5.64. The fourth-order valence-electron chi connectivity index (χ4n) is 3.04. The van der Waals surface area contributed by atoms with Gasteiger partial charge in [-0.05, 0) is 36.7 Å². The number of benzene rings is 1. The summed E-state index contributed by atoms with van der Waals surface area (Å²) in [7, 11) is 2.17. The molecule has 0 aromatic heterocycles. The van der Waals surface area contributed by atoms with Gasteiger partial charge in [0.05, 0.1) is 6.61 Å². The molecule has 1 saturated heterocycles. The highest BCUT2D eigenvalue weighted by Crippen LogP contribution is 2.34. The summed E-state index contributed by atoms with van der Waals surface area (Å²) in [5.41, 5.74) is 8.86. The third-order valence-electron chi connectivity index (χ3n) is 4.22. The van der Waals surface area contributed by atoms with Crippen molar-refractivity contribution in [2.45, 2.75) is 24.9 Å². The van der Waals surface area contributed by atoms with E-state index in [0.717, 1.165) is 42.5 Å². The molecule has 2 atom stereocenters. The van der Waals surface area contributed by atoms with E-state index in [4.69, 9.17) is 22.1 Å². The molecule has 0 bridgehead atoms. The molecule has 20 heavy (non-hydrogen) atoms. The number of ether oxygens (including phenoxy) is 1. The van der Waals surface area contributed by atoms with Crippen LogP contribution in [0.1, 0.15) is 11.1 Å².